The number of nitrogens with one attached hydrogen (secondary N) is 1. The second-order valence-electron chi connectivity index (χ2n) is 5.21. The summed E-state index contributed by atoms with van der Waals surface area (Å²) in [5, 5.41) is 2.54. The van der Waals surface area contributed by atoms with Crippen LogP contribution in [0.5, 0.6) is 0 Å². The molecule has 9 heteroatoms. The maximum Gasteiger partial charge on any atom is 0.341 e. The van der Waals surface area contributed by atoms with Gasteiger partial charge >= 0.3 is 5.97 Å². The average molecular weight is 360 g/mol. The smallest absolute Gasteiger partial charge is 0.341 e. The van der Waals surface area contributed by atoms with Crippen LogP contribution in [0.25, 0.3) is 0 Å². The van der Waals surface area contributed by atoms with Crippen LogP contribution >= 0.6 is 0 Å². The van der Waals surface area contributed by atoms with Crippen molar-refractivity contribution in [3.05, 3.63) is 29.6 Å². The molecule has 24 heavy (non-hydrogen) atoms. The molecule has 0 atom stereocenters. The molecule has 0 aromatic heterocycles. The third-order valence-corrected chi connectivity index (χ3v) is 4.93. The normalized spacial score (nSPS) is 11.4. The van der Waals surface area contributed by atoms with Gasteiger partial charge in [0.25, 0.3) is 5.91 Å². The number of nitrogens with zero attached hydrogens (tertiary/aromatic N) is 1. The molecule has 0 aliphatic rings. The maximum atomic E-state index is 13.8. The van der Waals surface area contributed by atoms with Crippen LogP contribution in [0.15, 0.2) is 23.1 Å². The van der Waals surface area contributed by atoms with Crippen LogP contribution in [0.1, 0.15) is 30.1 Å². The summed E-state index contributed by atoms with van der Waals surface area (Å²) in [4.78, 5) is 23.1. The van der Waals surface area contributed by atoms with E-state index in [1.165, 1.54) is 14.1 Å². The second-order valence-corrected chi connectivity index (χ2v) is 7.36. The number of sulfonamides is 1. The summed E-state index contributed by atoms with van der Waals surface area (Å²) in [7, 11) is -1.18. The summed E-state index contributed by atoms with van der Waals surface area (Å²) in [6, 6.07) is 2.81. The van der Waals surface area contributed by atoms with E-state index in [2.05, 4.69) is 5.32 Å². The molecule has 0 fully saturated rings. The molecule has 1 amide bonds. The minimum atomic E-state index is -3.82. The summed E-state index contributed by atoms with van der Waals surface area (Å²) in [5.74, 6) is -2.53. The SMILES string of the molecule is CCCCNC(=O)COC(=O)c1cc(S(=O)(=O)N(C)C)ccc1F. The highest BCUT2D eigenvalue weighted by Gasteiger charge is 2.22. The van der Waals surface area contributed by atoms with Crippen molar-refractivity contribution < 1.29 is 27.1 Å². The third kappa shape index (κ3) is 5.27. The lowest BCUT2D eigenvalue weighted by Crippen LogP contribution is -2.29. The number of hydrogen-bond donors (Lipinski definition) is 1. The zero-order valence-corrected chi connectivity index (χ0v) is 14.7. The van der Waals surface area contributed by atoms with Crippen LogP contribution in [-0.4, -0.2) is 51.8 Å². The van der Waals surface area contributed by atoms with Crippen LogP contribution in [0.3, 0.4) is 0 Å². The molecule has 0 heterocycles. The zero-order chi connectivity index (χ0) is 18.3. The van der Waals surface area contributed by atoms with E-state index in [1.54, 1.807) is 0 Å². The van der Waals surface area contributed by atoms with E-state index in [1.807, 2.05) is 6.92 Å². The van der Waals surface area contributed by atoms with Gasteiger partial charge in [-0.05, 0) is 24.6 Å². The molecule has 0 aliphatic heterocycles. The van der Waals surface area contributed by atoms with Crippen LogP contribution in [-0.2, 0) is 19.6 Å². The number of rotatable bonds is 8. The van der Waals surface area contributed by atoms with Crippen molar-refractivity contribution in [1.82, 2.24) is 9.62 Å². The molecule has 0 radical (unpaired) electrons. The highest BCUT2D eigenvalue weighted by atomic mass is 32.2. The van der Waals surface area contributed by atoms with Gasteiger partial charge in [0, 0.05) is 20.6 Å². The molecule has 0 spiro atoms. The van der Waals surface area contributed by atoms with Crippen molar-refractivity contribution >= 4 is 21.9 Å². The maximum absolute atomic E-state index is 13.8. The van der Waals surface area contributed by atoms with Gasteiger partial charge in [-0.15, -0.1) is 0 Å². The Morgan fingerprint density at radius 1 is 1.29 bits per heavy atom. The largest absolute Gasteiger partial charge is 0.452 e. The topological polar surface area (TPSA) is 92.8 Å². The first-order valence-electron chi connectivity index (χ1n) is 7.36. The number of ether oxygens (including phenoxy) is 1. The molecule has 0 aliphatic carbocycles. The molecular formula is C15H21FN2O5S. The second kappa shape index (κ2) is 8.74. The Morgan fingerprint density at radius 3 is 2.54 bits per heavy atom. The third-order valence-electron chi connectivity index (χ3n) is 3.12. The van der Waals surface area contributed by atoms with E-state index < -0.39 is 39.9 Å². The van der Waals surface area contributed by atoms with Crippen LogP contribution in [0.2, 0.25) is 0 Å². The number of carbonyl (C=O) groups is 2. The predicted molar refractivity (Wildman–Crippen MR) is 85.5 cm³/mol. The number of benzene rings is 1. The average Bonchev–Trinajstić information content (AvgIpc) is 2.53. The van der Waals surface area contributed by atoms with Crippen LogP contribution in [0, 0.1) is 5.82 Å². The van der Waals surface area contributed by atoms with Crippen molar-refractivity contribution in [1.29, 1.82) is 0 Å². The lowest BCUT2D eigenvalue weighted by molar-refractivity contribution is -0.124. The first kappa shape index (κ1) is 20.0. The van der Waals surface area contributed by atoms with E-state index in [-0.39, 0.29) is 4.90 Å². The fourth-order valence-electron chi connectivity index (χ4n) is 1.70. The van der Waals surface area contributed by atoms with Crippen molar-refractivity contribution in [2.45, 2.75) is 24.7 Å². The Kier molecular flexibility index (Phi) is 7.30. The Bertz CT molecular complexity index is 704. The Labute approximate surface area is 140 Å². The number of unbranched alkanes of at least 4 members (excludes halogenated alkanes) is 1. The summed E-state index contributed by atoms with van der Waals surface area (Å²) >= 11 is 0. The van der Waals surface area contributed by atoms with Gasteiger partial charge in [-0.1, -0.05) is 13.3 Å². The van der Waals surface area contributed by atoms with Crippen LogP contribution < -0.4 is 5.32 Å². The Hall–Kier alpha value is -2.00. The summed E-state index contributed by atoms with van der Waals surface area (Å²) < 4.78 is 43.5. The fourth-order valence-corrected chi connectivity index (χ4v) is 2.62. The van der Waals surface area contributed by atoms with Crippen LogP contribution in [0.4, 0.5) is 4.39 Å². The molecule has 0 unspecified atom stereocenters. The van der Waals surface area contributed by atoms with Crippen molar-refractivity contribution in [3.8, 4) is 0 Å². The number of amides is 1. The molecule has 0 saturated carbocycles. The van der Waals surface area contributed by atoms with E-state index in [4.69, 9.17) is 4.74 Å². The monoisotopic (exact) mass is 360 g/mol. The molecular weight excluding hydrogens is 339 g/mol. The summed E-state index contributed by atoms with van der Waals surface area (Å²) in [6.07, 6.45) is 1.69. The lowest BCUT2D eigenvalue weighted by Gasteiger charge is -2.12. The van der Waals surface area contributed by atoms with E-state index in [0.717, 1.165) is 35.3 Å². The highest BCUT2D eigenvalue weighted by Crippen LogP contribution is 2.18. The Balaban J connectivity index is 2.82. The van der Waals surface area contributed by atoms with Gasteiger partial charge in [-0.25, -0.2) is 21.9 Å². The molecule has 0 bridgehead atoms. The molecule has 1 aromatic rings. The summed E-state index contributed by atoms with van der Waals surface area (Å²) in [6.45, 7) is 1.86. The predicted octanol–water partition coefficient (Wildman–Crippen LogP) is 1.15. The van der Waals surface area contributed by atoms with Gasteiger partial charge in [0.1, 0.15) is 5.82 Å². The van der Waals surface area contributed by atoms with E-state index in [0.29, 0.717) is 6.54 Å². The molecule has 7 nitrogen and oxygen atoms in total. The number of carbonyl (C=O) groups excluding carboxylic acids is 2. The first-order chi connectivity index (χ1) is 11.2. The number of hydrogen-bond acceptors (Lipinski definition) is 5. The number of esters is 1. The van der Waals surface area contributed by atoms with Gasteiger partial charge in [-0.3, -0.25) is 4.79 Å². The van der Waals surface area contributed by atoms with Crippen molar-refractivity contribution in [2.24, 2.45) is 0 Å². The number of halogens is 1. The first-order valence-corrected chi connectivity index (χ1v) is 8.80. The molecule has 1 N–H and O–H groups in total. The minimum absolute atomic E-state index is 0.242. The lowest BCUT2D eigenvalue weighted by atomic mass is 10.2. The zero-order valence-electron chi connectivity index (χ0n) is 13.8. The highest BCUT2D eigenvalue weighted by molar-refractivity contribution is 7.89. The molecule has 134 valence electrons. The fraction of sp³-hybridized carbons (Fsp3) is 0.467. The Morgan fingerprint density at radius 2 is 1.96 bits per heavy atom. The van der Waals surface area contributed by atoms with Gasteiger partial charge in [0.2, 0.25) is 10.0 Å². The van der Waals surface area contributed by atoms with Gasteiger partial charge in [0.05, 0.1) is 10.5 Å². The van der Waals surface area contributed by atoms with E-state index >= 15 is 0 Å². The standard InChI is InChI=1S/C15H21FN2O5S/c1-4-5-8-17-14(19)10-23-15(20)12-9-11(6-7-13(12)16)24(21,22)18(2)3/h6-7,9H,4-5,8,10H2,1-3H3,(H,17,19). The molecule has 0 saturated heterocycles. The van der Waals surface area contributed by atoms with E-state index in [9.17, 15) is 22.4 Å². The quantitative estimate of drug-likeness (QED) is 0.554. The molecule has 1 rings (SSSR count). The summed E-state index contributed by atoms with van der Waals surface area (Å²) in [5.41, 5.74) is -0.542. The van der Waals surface area contributed by atoms with Crippen molar-refractivity contribution in [3.63, 3.8) is 0 Å². The van der Waals surface area contributed by atoms with Gasteiger partial charge < -0.3 is 10.1 Å². The van der Waals surface area contributed by atoms with Gasteiger partial charge in [0.15, 0.2) is 6.61 Å². The van der Waals surface area contributed by atoms with Crippen molar-refractivity contribution in [2.75, 3.05) is 27.2 Å². The van der Waals surface area contributed by atoms with Gasteiger partial charge in [-0.2, -0.15) is 0 Å². The minimum Gasteiger partial charge on any atom is -0.452 e. The molecule has 1 aromatic carbocycles.